The highest BCUT2D eigenvalue weighted by atomic mass is 16.5. The Hall–Kier alpha value is -3.72. The third-order valence-electron chi connectivity index (χ3n) is 5.05. The van der Waals surface area contributed by atoms with E-state index in [4.69, 9.17) is 9.15 Å². The second kappa shape index (κ2) is 5.39. The molecule has 0 saturated carbocycles. The van der Waals surface area contributed by atoms with Gasteiger partial charge in [0.05, 0.1) is 11.4 Å². The van der Waals surface area contributed by atoms with Gasteiger partial charge in [0.25, 0.3) is 0 Å². The quantitative estimate of drug-likeness (QED) is 0.315. The summed E-state index contributed by atoms with van der Waals surface area (Å²) < 4.78 is 12.1. The SMILES string of the molecule is c1ccc2c(c1)Oc1ccccc1N2c1ccc2oc3ccccc3c2c1. The minimum absolute atomic E-state index is 0.855. The highest BCUT2D eigenvalue weighted by Gasteiger charge is 2.25. The summed E-state index contributed by atoms with van der Waals surface area (Å²) >= 11 is 0. The molecule has 1 aliphatic heterocycles. The molecule has 128 valence electrons. The molecule has 0 fully saturated rings. The Morgan fingerprint density at radius 2 is 1.19 bits per heavy atom. The zero-order valence-corrected chi connectivity index (χ0v) is 14.4. The molecular weight excluding hydrogens is 334 g/mol. The van der Waals surface area contributed by atoms with Crippen molar-refractivity contribution in [3.63, 3.8) is 0 Å². The van der Waals surface area contributed by atoms with E-state index in [1.807, 2.05) is 60.7 Å². The van der Waals surface area contributed by atoms with Gasteiger partial charge >= 0.3 is 0 Å². The van der Waals surface area contributed by atoms with Gasteiger partial charge < -0.3 is 14.1 Å². The Bertz CT molecular complexity index is 1270. The molecule has 0 unspecified atom stereocenters. The molecule has 0 atom stereocenters. The van der Waals surface area contributed by atoms with Crippen LogP contribution in [0.2, 0.25) is 0 Å². The van der Waals surface area contributed by atoms with Crippen molar-refractivity contribution in [3.05, 3.63) is 91.0 Å². The molecule has 0 saturated heterocycles. The van der Waals surface area contributed by atoms with E-state index in [-0.39, 0.29) is 0 Å². The van der Waals surface area contributed by atoms with E-state index in [1.165, 1.54) is 0 Å². The average molecular weight is 349 g/mol. The molecule has 2 heterocycles. The Morgan fingerprint density at radius 3 is 1.96 bits per heavy atom. The van der Waals surface area contributed by atoms with Crippen LogP contribution in [-0.4, -0.2) is 0 Å². The Kier molecular flexibility index (Phi) is 2.88. The van der Waals surface area contributed by atoms with E-state index in [0.29, 0.717) is 0 Å². The molecule has 1 aromatic heterocycles. The van der Waals surface area contributed by atoms with E-state index in [1.54, 1.807) is 0 Å². The molecule has 0 amide bonds. The monoisotopic (exact) mass is 349 g/mol. The molecule has 0 spiro atoms. The van der Waals surface area contributed by atoms with Crippen LogP contribution in [0.5, 0.6) is 11.5 Å². The summed E-state index contributed by atoms with van der Waals surface area (Å²) in [6.45, 7) is 0. The maximum Gasteiger partial charge on any atom is 0.151 e. The minimum atomic E-state index is 0.855. The number of anilines is 3. The van der Waals surface area contributed by atoms with Crippen LogP contribution >= 0.6 is 0 Å². The number of fused-ring (bicyclic) bond motifs is 5. The van der Waals surface area contributed by atoms with Crippen LogP contribution in [0.15, 0.2) is 95.4 Å². The van der Waals surface area contributed by atoms with Gasteiger partial charge in [0.15, 0.2) is 11.5 Å². The summed E-state index contributed by atoms with van der Waals surface area (Å²) in [6, 6.07) is 30.7. The Labute approximate surface area is 156 Å². The van der Waals surface area contributed by atoms with Gasteiger partial charge in [0, 0.05) is 16.5 Å². The van der Waals surface area contributed by atoms with E-state index in [2.05, 4.69) is 35.2 Å². The molecule has 27 heavy (non-hydrogen) atoms. The Balaban J connectivity index is 1.63. The molecular formula is C24H15NO2. The van der Waals surface area contributed by atoms with Crippen LogP contribution in [0, 0.1) is 0 Å². The van der Waals surface area contributed by atoms with Crippen molar-refractivity contribution in [1.82, 2.24) is 0 Å². The van der Waals surface area contributed by atoms with Gasteiger partial charge in [-0.05, 0) is 48.5 Å². The first-order valence-corrected chi connectivity index (χ1v) is 8.96. The Morgan fingerprint density at radius 1 is 0.556 bits per heavy atom. The normalized spacial score (nSPS) is 12.7. The van der Waals surface area contributed by atoms with Crippen LogP contribution in [0.25, 0.3) is 21.9 Å². The highest BCUT2D eigenvalue weighted by molar-refractivity contribution is 6.06. The van der Waals surface area contributed by atoms with Gasteiger partial charge in [0.1, 0.15) is 11.2 Å². The van der Waals surface area contributed by atoms with E-state index in [0.717, 1.165) is 50.5 Å². The van der Waals surface area contributed by atoms with Crippen molar-refractivity contribution in [2.45, 2.75) is 0 Å². The second-order valence-electron chi connectivity index (χ2n) is 6.65. The summed E-state index contributed by atoms with van der Waals surface area (Å²) in [5.41, 5.74) is 4.95. The summed E-state index contributed by atoms with van der Waals surface area (Å²) in [6.07, 6.45) is 0. The maximum atomic E-state index is 6.11. The standard InChI is InChI=1S/C24H15NO2/c1-4-10-21-17(7-1)18-15-16(13-14-22(18)26-21)25-19-8-2-5-11-23(19)27-24-12-6-3-9-20(24)25/h1-15H. The number of rotatable bonds is 1. The lowest BCUT2D eigenvalue weighted by Gasteiger charge is -2.32. The number of benzene rings is 4. The zero-order chi connectivity index (χ0) is 17.8. The number of nitrogens with zero attached hydrogens (tertiary/aromatic N) is 1. The van der Waals surface area contributed by atoms with Crippen molar-refractivity contribution in [2.24, 2.45) is 0 Å². The molecule has 1 aliphatic rings. The van der Waals surface area contributed by atoms with Gasteiger partial charge in [-0.2, -0.15) is 0 Å². The van der Waals surface area contributed by atoms with Crippen molar-refractivity contribution in [1.29, 1.82) is 0 Å². The maximum absolute atomic E-state index is 6.11. The number of furan rings is 1. The van der Waals surface area contributed by atoms with Gasteiger partial charge in [-0.1, -0.05) is 42.5 Å². The molecule has 6 rings (SSSR count). The lowest BCUT2D eigenvalue weighted by atomic mass is 10.1. The highest BCUT2D eigenvalue weighted by Crippen LogP contribution is 2.50. The molecule has 0 radical (unpaired) electrons. The van der Waals surface area contributed by atoms with Crippen LogP contribution in [0.4, 0.5) is 17.1 Å². The lowest BCUT2D eigenvalue weighted by molar-refractivity contribution is 0.477. The minimum Gasteiger partial charge on any atom is -0.456 e. The topological polar surface area (TPSA) is 25.6 Å². The van der Waals surface area contributed by atoms with Crippen molar-refractivity contribution in [2.75, 3.05) is 4.90 Å². The molecule has 3 heteroatoms. The number of hydrogen-bond donors (Lipinski definition) is 0. The summed E-state index contributed by atoms with van der Waals surface area (Å²) in [4.78, 5) is 2.25. The van der Waals surface area contributed by atoms with Crippen LogP contribution in [-0.2, 0) is 0 Å². The number of para-hydroxylation sites is 5. The van der Waals surface area contributed by atoms with Crippen LogP contribution < -0.4 is 9.64 Å². The zero-order valence-electron chi connectivity index (χ0n) is 14.4. The molecule has 3 nitrogen and oxygen atoms in total. The lowest BCUT2D eigenvalue weighted by Crippen LogP contribution is -2.15. The smallest absolute Gasteiger partial charge is 0.151 e. The molecule has 0 N–H and O–H groups in total. The van der Waals surface area contributed by atoms with Gasteiger partial charge in [-0.15, -0.1) is 0 Å². The summed E-state index contributed by atoms with van der Waals surface area (Å²) in [7, 11) is 0. The van der Waals surface area contributed by atoms with Gasteiger partial charge in [0.2, 0.25) is 0 Å². The van der Waals surface area contributed by atoms with Crippen molar-refractivity contribution >= 4 is 39.0 Å². The number of ether oxygens (including phenoxy) is 1. The predicted molar refractivity (Wildman–Crippen MR) is 108 cm³/mol. The second-order valence-corrected chi connectivity index (χ2v) is 6.65. The number of hydrogen-bond acceptors (Lipinski definition) is 3. The van der Waals surface area contributed by atoms with Crippen LogP contribution in [0.1, 0.15) is 0 Å². The first-order valence-electron chi connectivity index (χ1n) is 8.96. The fraction of sp³-hybridized carbons (Fsp3) is 0. The average Bonchev–Trinajstić information content (AvgIpc) is 3.10. The van der Waals surface area contributed by atoms with Gasteiger partial charge in [-0.3, -0.25) is 0 Å². The fourth-order valence-electron chi connectivity index (χ4n) is 3.84. The van der Waals surface area contributed by atoms with Crippen molar-refractivity contribution in [3.8, 4) is 11.5 Å². The molecule has 0 aliphatic carbocycles. The van der Waals surface area contributed by atoms with E-state index < -0.39 is 0 Å². The summed E-state index contributed by atoms with van der Waals surface area (Å²) in [5, 5.41) is 2.24. The first kappa shape index (κ1) is 14.4. The fourth-order valence-corrected chi connectivity index (χ4v) is 3.84. The molecule has 0 bridgehead atoms. The first-order chi connectivity index (χ1) is 13.4. The van der Waals surface area contributed by atoms with Crippen LogP contribution in [0.3, 0.4) is 0 Å². The summed E-state index contributed by atoms with van der Waals surface area (Å²) in [5.74, 6) is 1.71. The van der Waals surface area contributed by atoms with Crippen molar-refractivity contribution < 1.29 is 9.15 Å². The molecule has 5 aromatic rings. The third-order valence-corrected chi connectivity index (χ3v) is 5.05. The predicted octanol–water partition coefficient (Wildman–Crippen LogP) is 7.16. The van der Waals surface area contributed by atoms with E-state index >= 15 is 0 Å². The molecule has 4 aromatic carbocycles. The largest absolute Gasteiger partial charge is 0.456 e. The third kappa shape index (κ3) is 2.09. The van der Waals surface area contributed by atoms with E-state index in [9.17, 15) is 0 Å². The van der Waals surface area contributed by atoms with Gasteiger partial charge in [-0.25, -0.2) is 0 Å².